The first-order valence-electron chi connectivity index (χ1n) is 6.98. The Morgan fingerprint density at radius 2 is 2.10 bits per heavy atom. The van der Waals surface area contributed by atoms with Gasteiger partial charge >= 0.3 is 0 Å². The van der Waals surface area contributed by atoms with Crippen LogP contribution in [0.5, 0.6) is 0 Å². The zero-order valence-electron chi connectivity index (χ0n) is 11.6. The maximum Gasteiger partial charge on any atom is 0.0758 e. The zero-order valence-corrected chi connectivity index (χ0v) is 11.6. The van der Waals surface area contributed by atoms with Crippen molar-refractivity contribution >= 4 is 10.9 Å². The maximum atomic E-state index is 4.71. The van der Waals surface area contributed by atoms with Crippen LogP contribution in [0.25, 0.3) is 16.6 Å². The van der Waals surface area contributed by atoms with Crippen LogP contribution in [0.1, 0.15) is 19.0 Å². The molecule has 0 radical (unpaired) electrons. The van der Waals surface area contributed by atoms with E-state index in [0.29, 0.717) is 0 Å². The summed E-state index contributed by atoms with van der Waals surface area (Å²) in [7, 11) is 0. The van der Waals surface area contributed by atoms with Crippen LogP contribution in [0, 0.1) is 0 Å². The van der Waals surface area contributed by atoms with E-state index in [2.05, 4.69) is 29.5 Å². The van der Waals surface area contributed by atoms with Gasteiger partial charge in [0.2, 0.25) is 0 Å². The quantitative estimate of drug-likeness (QED) is 0.722. The van der Waals surface area contributed by atoms with E-state index in [1.54, 1.807) is 6.20 Å². The van der Waals surface area contributed by atoms with Gasteiger partial charge in [-0.25, -0.2) is 4.68 Å². The van der Waals surface area contributed by atoms with Gasteiger partial charge in [0.25, 0.3) is 0 Å². The van der Waals surface area contributed by atoms with Crippen molar-refractivity contribution in [1.29, 1.82) is 0 Å². The third-order valence-corrected chi connectivity index (χ3v) is 3.23. The molecular formula is C16H18N4. The summed E-state index contributed by atoms with van der Waals surface area (Å²) >= 11 is 0. The number of fused-ring (bicyclic) bond motifs is 1. The first-order valence-corrected chi connectivity index (χ1v) is 6.98. The number of benzene rings is 1. The van der Waals surface area contributed by atoms with Crippen molar-refractivity contribution in [3.8, 4) is 5.69 Å². The maximum absolute atomic E-state index is 4.71. The predicted molar refractivity (Wildman–Crippen MR) is 80.9 cm³/mol. The van der Waals surface area contributed by atoms with Crippen LogP contribution in [0.15, 0.2) is 48.8 Å². The van der Waals surface area contributed by atoms with Crippen molar-refractivity contribution in [2.45, 2.75) is 19.9 Å². The molecule has 0 aliphatic carbocycles. The Morgan fingerprint density at radius 1 is 1.20 bits per heavy atom. The lowest BCUT2D eigenvalue weighted by atomic mass is 10.1. The molecule has 0 saturated heterocycles. The molecule has 4 nitrogen and oxygen atoms in total. The molecule has 1 N–H and O–H groups in total. The molecule has 0 bridgehead atoms. The van der Waals surface area contributed by atoms with Gasteiger partial charge in [-0.3, -0.25) is 4.98 Å². The smallest absolute Gasteiger partial charge is 0.0758 e. The first kappa shape index (κ1) is 12.8. The molecule has 0 saturated carbocycles. The first-order chi connectivity index (χ1) is 9.88. The highest BCUT2D eigenvalue weighted by Gasteiger charge is 2.07. The molecule has 102 valence electrons. The SMILES string of the molecule is CCCNCc1cc(-n2cccn2)c2ccccc2n1. The van der Waals surface area contributed by atoms with Crippen molar-refractivity contribution in [3.63, 3.8) is 0 Å². The number of nitrogens with zero attached hydrogens (tertiary/aromatic N) is 3. The van der Waals surface area contributed by atoms with Crippen molar-refractivity contribution in [1.82, 2.24) is 20.1 Å². The van der Waals surface area contributed by atoms with Gasteiger partial charge in [-0.15, -0.1) is 0 Å². The summed E-state index contributed by atoms with van der Waals surface area (Å²) in [4.78, 5) is 4.71. The van der Waals surface area contributed by atoms with E-state index in [4.69, 9.17) is 4.98 Å². The van der Waals surface area contributed by atoms with E-state index in [9.17, 15) is 0 Å². The molecule has 0 fully saturated rings. The third-order valence-electron chi connectivity index (χ3n) is 3.23. The highest BCUT2D eigenvalue weighted by atomic mass is 15.3. The van der Waals surface area contributed by atoms with Crippen LogP contribution in [0.3, 0.4) is 0 Å². The fourth-order valence-electron chi connectivity index (χ4n) is 2.29. The normalized spacial score (nSPS) is 11.1. The van der Waals surface area contributed by atoms with E-state index in [1.165, 1.54) is 0 Å². The summed E-state index contributed by atoms with van der Waals surface area (Å²) < 4.78 is 1.90. The third kappa shape index (κ3) is 2.56. The largest absolute Gasteiger partial charge is 0.311 e. The molecule has 0 aliphatic heterocycles. The Hall–Kier alpha value is -2.20. The van der Waals surface area contributed by atoms with Crippen molar-refractivity contribution in [2.75, 3.05) is 6.54 Å². The van der Waals surface area contributed by atoms with Crippen LogP contribution < -0.4 is 5.32 Å². The standard InChI is InChI=1S/C16H18N4/c1-2-8-17-12-13-11-16(20-10-5-9-18-20)14-6-3-4-7-15(14)19-13/h3-7,9-11,17H,2,8,12H2,1H3. The molecule has 4 heteroatoms. The lowest BCUT2D eigenvalue weighted by molar-refractivity contribution is 0.665. The molecule has 3 aromatic rings. The van der Waals surface area contributed by atoms with Crippen LogP contribution in [0.4, 0.5) is 0 Å². The molecule has 2 aromatic heterocycles. The molecule has 0 aliphatic rings. The Balaban J connectivity index is 2.06. The summed E-state index contributed by atoms with van der Waals surface area (Å²) in [5, 5.41) is 8.86. The molecule has 0 unspecified atom stereocenters. The van der Waals surface area contributed by atoms with Crippen LogP contribution in [-0.4, -0.2) is 21.3 Å². The Kier molecular flexibility index (Phi) is 3.74. The second-order valence-corrected chi connectivity index (χ2v) is 4.78. The second-order valence-electron chi connectivity index (χ2n) is 4.78. The number of hydrogen-bond acceptors (Lipinski definition) is 3. The van der Waals surface area contributed by atoms with E-state index >= 15 is 0 Å². The highest BCUT2D eigenvalue weighted by Crippen LogP contribution is 2.21. The van der Waals surface area contributed by atoms with Gasteiger partial charge in [0.1, 0.15) is 0 Å². The topological polar surface area (TPSA) is 42.7 Å². The minimum Gasteiger partial charge on any atom is -0.311 e. The Bertz CT molecular complexity index is 689. The minimum atomic E-state index is 0.785. The number of pyridine rings is 1. The minimum absolute atomic E-state index is 0.785. The fourth-order valence-corrected chi connectivity index (χ4v) is 2.29. The molecular weight excluding hydrogens is 248 g/mol. The van der Waals surface area contributed by atoms with Crippen LogP contribution in [0.2, 0.25) is 0 Å². The van der Waals surface area contributed by atoms with Crippen molar-refractivity contribution in [3.05, 3.63) is 54.5 Å². The van der Waals surface area contributed by atoms with E-state index in [1.807, 2.05) is 35.1 Å². The lowest BCUT2D eigenvalue weighted by Gasteiger charge is -2.10. The van der Waals surface area contributed by atoms with Crippen molar-refractivity contribution in [2.24, 2.45) is 0 Å². The summed E-state index contributed by atoms with van der Waals surface area (Å²) in [5.41, 5.74) is 3.13. The Labute approximate surface area is 118 Å². The number of aromatic nitrogens is 3. The predicted octanol–water partition coefficient (Wildman–Crippen LogP) is 2.92. The van der Waals surface area contributed by atoms with Crippen LogP contribution in [-0.2, 0) is 6.54 Å². The second kappa shape index (κ2) is 5.84. The molecule has 3 rings (SSSR count). The summed E-state index contributed by atoms with van der Waals surface area (Å²) in [6.45, 7) is 3.95. The lowest BCUT2D eigenvalue weighted by Crippen LogP contribution is -2.15. The molecule has 0 amide bonds. The Morgan fingerprint density at radius 3 is 2.90 bits per heavy atom. The summed E-state index contributed by atoms with van der Waals surface area (Å²) in [6, 6.07) is 12.2. The van der Waals surface area contributed by atoms with Gasteiger partial charge in [0.15, 0.2) is 0 Å². The number of hydrogen-bond donors (Lipinski definition) is 1. The monoisotopic (exact) mass is 266 g/mol. The van der Waals surface area contributed by atoms with E-state index in [-0.39, 0.29) is 0 Å². The molecule has 1 aromatic carbocycles. The van der Waals surface area contributed by atoms with E-state index < -0.39 is 0 Å². The van der Waals surface area contributed by atoms with Gasteiger partial charge in [-0.1, -0.05) is 25.1 Å². The molecule has 0 spiro atoms. The highest BCUT2D eigenvalue weighted by molar-refractivity contribution is 5.87. The molecule has 0 atom stereocenters. The van der Waals surface area contributed by atoms with Gasteiger partial charge in [-0.2, -0.15) is 5.10 Å². The number of nitrogens with one attached hydrogen (secondary N) is 1. The van der Waals surface area contributed by atoms with Crippen LogP contribution >= 0.6 is 0 Å². The van der Waals surface area contributed by atoms with Gasteiger partial charge in [-0.05, 0) is 31.2 Å². The summed E-state index contributed by atoms with van der Waals surface area (Å²) in [5.74, 6) is 0. The summed E-state index contributed by atoms with van der Waals surface area (Å²) in [6.07, 6.45) is 4.88. The fraction of sp³-hybridized carbons (Fsp3) is 0.250. The number of rotatable bonds is 5. The zero-order chi connectivity index (χ0) is 13.8. The number of para-hydroxylation sites is 1. The van der Waals surface area contributed by atoms with Gasteiger partial charge in [0, 0.05) is 24.3 Å². The average Bonchev–Trinajstić information content (AvgIpc) is 3.01. The van der Waals surface area contributed by atoms with E-state index in [0.717, 1.165) is 41.8 Å². The van der Waals surface area contributed by atoms with Gasteiger partial charge in [0.05, 0.1) is 16.9 Å². The molecule has 2 heterocycles. The average molecular weight is 266 g/mol. The van der Waals surface area contributed by atoms with Crippen molar-refractivity contribution < 1.29 is 0 Å². The molecule has 20 heavy (non-hydrogen) atoms. The van der Waals surface area contributed by atoms with Gasteiger partial charge < -0.3 is 5.32 Å².